The van der Waals surface area contributed by atoms with Crippen molar-refractivity contribution >= 4 is 34.6 Å². The lowest BCUT2D eigenvalue weighted by molar-refractivity contribution is -0.142. The lowest BCUT2D eigenvalue weighted by Crippen LogP contribution is -2.31. The second kappa shape index (κ2) is 5.99. The lowest BCUT2D eigenvalue weighted by atomic mass is 10.2. The Labute approximate surface area is 130 Å². The molecule has 1 fully saturated rings. The molecular weight excluding hydrogens is 306 g/mol. The van der Waals surface area contributed by atoms with E-state index in [4.69, 9.17) is 5.11 Å². The van der Waals surface area contributed by atoms with Gasteiger partial charge < -0.3 is 10.0 Å². The molecule has 0 spiro atoms. The number of carboxylic acid groups (broad SMARTS) is 1. The normalized spacial score (nSPS) is 20.2. The quantitative estimate of drug-likeness (QED) is 0.889. The highest BCUT2D eigenvalue weighted by Crippen LogP contribution is 2.40. The Bertz CT molecular complexity index is 585. The van der Waals surface area contributed by atoms with E-state index >= 15 is 0 Å². The molecule has 2 heterocycles. The van der Waals surface area contributed by atoms with Gasteiger partial charge in [-0.2, -0.15) is 0 Å². The zero-order valence-electron chi connectivity index (χ0n) is 11.3. The maximum Gasteiger partial charge on any atom is 0.307 e. The third-order valence-electron chi connectivity index (χ3n) is 3.59. The van der Waals surface area contributed by atoms with Crippen LogP contribution in [0, 0.1) is 11.8 Å². The van der Waals surface area contributed by atoms with Crippen molar-refractivity contribution in [3.8, 4) is 0 Å². The molecule has 1 aliphatic carbocycles. The standard InChI is InChI=1S/C15H15NO3S2/c17-14(12-7-13(12)15(18)19)16(8-10-3-1-5-20-10)9-11-4-2-6-21-11/h1-6,12-13H,7-9H2,(H,18,19)/t12-,13+/m0/s1. The summed E-state index contributed by atoms with van der Waals surface area (Å²) in [7, 11) is 0. The maximum absolute atomic E-state index is 12.5. The van der Waals surface area contributed by atoms with Gasteiger partial charge in [-0.1, -0.05) is 12.1 Å². The van der Waals surface area contributed by atoms with E-state index in [0.29, 0.717) is 19.5 Å². The molecule has 2 atom stereocenters. The van der Waals surface area contributed by atoms with Gasteiger partial charge in [-0.3, -0.25) is 9.59 Å². The first-order chi connectivity index (χ1) is 10.1. The van der Waals surface area contributed by atoms with Crippen LogP contribution in [0.25, 0.3) is 0 Å². The monoisotopic (exact) mass is 321 g/mol. The molecule has 1 amide bonds. The molecule has 0 aliphatic heterocycles. The molecule has 2 aromatic heterocycles. The van der Waals surface area contributed by atoms with Crippen molar-refractivity contribution in [1.29, 1.82) is 0 Å². The third-order valence-corrected chi connectivity index (χ3v) is 5.31. The Hall–Kier alpha value is -1.66. The number of carbonyl (C=O) groups excluding carboxylic acids is 1. The highest BCUT2D eigenvalue weighted by Gasteiger charge is 2.49. The zero-order chi connectivity index (χ0) is 14.8. The predicted octanol–water partition coefficient (Wildman–Crippen LogP) is 3.06. The van der Waals surface area contributed by atoms with Gasteiger partial charge in [0.05, 0.1) is 24.9 Å². The van der Waals surface area contributed by atoms with Crippen molar-refractivity contribution in [1.82, 2.24) is 4.90 Å². The van der Waals surface area contributed by atoms with Crippen LogP contribution in [0.1, 0.15) is 16.2 Å². The number of hydrogen-bond donors (Lipinski definition) is 1. The molecule has 0 aromatic carbocycles. The third kappa shape index (κ3) is 3.33. The number of carbonyl (C=O) groups is 2. The second-order valence-electron chi connectivity index (χ2n) is 5.14. The molecule has 0 unspecified atom stereocenters. The van der Waals surface area contributed by atoms with E-state index in [0.717, 1.165) is 9.75 Å². The highest BCUT2D eigenvalue weighted by molar-refractivity contribution is 7.10. The summed E-state index contributed by atoms with van der Waals surface area (Å²) in [6.45, 7) is 1.11. The van der Waals surface area contributed by atoms with Gasteiger partial charge in [0.15, 0.2) is 0 Å². The van der Waals surface area contributed by atoms with Crippen LogP contribution < -0.4 is 0 Å². The van der Waals surface area contributed by atoms with E-state index in [9.17, 15) is 9.59 Å². The van der Waals surface area contributed by atoms with Crippen LogP contribution in [0.3, 0.4) is 0 Å². The van der Waals surface area contributed by atoms with Crippen molar-refractivity contribution in [2.75, 3.05) is 0 Å². The molecule has 1 aliphatic rings. The predicted molar refractivity (Wildman–Crippen MR) is 82.1 cm³/mol. The topological polar surface area (TPSA) is 57.6 Å². The van der Waals surface area contributed by atoms with Crippen LogP contribution in [0.15, 0.2) is 35.0 Å². The summed E-state index contributed by atoms with van der Waals surface area (Å²) in [5.41, 5.74) is 0. The number of hydrogen-bond acceptors (Lipinski definition) is 4. The van der Waals surface area contributed by atoms with Gasteiger partial charge in [0.1, 0.15) is 0 Å². The molecule has 0 radical (unpaired) electrons. The summed E-state index contributed by atoms with van der Waals surface area (Å²) < 4.78 is 0. The summed E-state index contributed by atoms with van der Waals surface area (Å²) in [6, 6.07) is 7.93. The Morgan fingerprint density at radius 2 is 1.67 bits per heavy atom. The largest absolute Gasteiger partial charge is 0.481 e. The smallest absolute Gasteiger partial charge is 0.307 e. The van der Waals surface area contributed by atoms with Crippen LogP contribution in [0.5, 0.6) is 0 Å². The maximum atomic E-state index is 12.5. The van der Waals surface area contributed by atoms with Crippen molar-refractivity contribution in [3.63, 3.8) is 0 Å². The van der Waals surface area contributed by atoms with E-state index in [1.54, 1.807) is 27.6 Å². The van der Waals surface area contributed by atoms with Gasteiger partial charge in [0.25, 0.3) is 0 Å². The lowest BCUT2D eigenvalue weighted by Gasteiger charge is -2.21. The summed E-state index contributed by atoms with van der Waals surface area (Å²) in [5, 5.41) is 13.0. The summed E-state index contributed by atoms with van der Waals surface area (Å²) in [5.74, 6) is -1.74. The molecular formula is C15H15NO3S2. The molecule has 2 aromatic rings. The summed E-state index contributed by atoms with van der Waals surface area (Å²) in [6.07, 6.45) is 0.472. The summed E-state index contributed by atoms with van der Waals surface area (Å²) in [4.78, 5) is 27.5. The number of rotatable bonds is 6. The van der Waals surface area contributed by atoms with E-state index in [-0.39, 0.29) is 11.8 Å². The van der Waals surface area contributed by atoms with Gasteiger partial charge in [0.2, 0.25) is 5.91 Å². The molecule has 0 saturated heterocycles. The molecule has 110 valence electrons. The highest BCUT2D eigenvalue weighted by atomic mass is 32.1. The zero-order valence-corrected chi connectivity index (χ0v) is 12.9. The molecule has 1 N–H and O–H groups in total. The number of carboxylic acids is 1. The fraction of sp³-hybridized carbons (Fsp3) is 0.333. The first kappa shape index (κ1) is 14.3. The van der Waals surface area contributed by atoms with Crippen LogP contribution in [0.4, 0.5) is 0 Å². The van der Waals surface area contributed by atoms with Crippen LogP contribution in [-0.4, -0.2) is 21.9 Å². The van der Waals surface area contributed by atoms with Gasteiger partial charge in [-0.15, -0.1) is 22.7 Å². The average molecular weight is 321 g/mol. The first-order valence-electron chi connectivity index (χ1n) is 6.71. The van der Waals surface area contributed by atoms with Gasteiger partial charge in [0, 0.05) is 9.75 Å². The summed E-state index contributed by atoms with van der Waals surface area (Å²) >= 11 is 3.23. The Kier molecular flexibility index (Phi) is 4.07. The fourth-order valence-electron chi connectivity index (χ4n) is 2.37. The Morgan fingerprint density at radius 3 is 2.05 bits per heavy atom. The minimum Gasteiger partial charge on any atom is -0.481 e. The molecule has 21 heavy (non-hydrogen) atoms. The Balaban J connectivity index is 1.72. The minimum atomic E-state index is -0.861. The van der Waals surface area contributed by atoms with Crippen molar-refractivity contribution in [3.05, 3.63) is 44.8 Å². The van der Waals surface area contributed by atoms with Gasteiger partial charge in [-0.25, -0.2) is 0 Å². The van der Waals surface area contributed by atoms with Crippen LogP contribution >= 0.6 is 22.7 Å². The average Bonchev–Trinajstić information content (AvgIpc) is 2.85. The van der Waals surface area contributed by atoms with Crippen LogP contribution in [-0.2, 0) is 22.7 Å². The first-order valence-corrected chi connectivity index (χ1v) is 8.47. The van der Waals surface area contributed by atoms with Gasteiger partial charge in [-0.05, 0) is 29.3 Å². The second-order valence-corrected chi connectivity index (χ2v) is 7.20. The SMILES string of the molecule is O=C(O)[C@@H]1C[C@@H]1C(=O)N(Cc1cccs1)Cc1cccs1. The number of amides is 1. The molecule has 6 heteroatoms. The molecule has 1 saturated carbocycles. The van der Waals surface area contributed by atoms with Crippen LogP contribution in [0.2, 0.25) is 0 Å². The number of aliphatic carboxylic acids is 1. The number of thiophene rings is 2. The minimum absolute atomic E-state index is 0.0378. The molecule has 0 bridgehead atoms. The van der Waals surface area contributed by atoms with Crippen molar-refractivity contribution in [2.45, 2.75) is 19.5 Å². The van der Waals surface area contributed by atoms with Gasteiger partial charge >= 0.3 is 5.97 Å². The van der Waals surface area contributed by atoms with E-state index < -0.39 is 11.9 Å². The molecule has 4 nitrogen and oxygen atoms in total. The van der Waals surface area contributed by atoms with Crippen molar-refractivity contribution < 1.29 is 14.7 Å². The fourth-order valence-corrected chi connectivity index (χ4v) is 3.81. The van der Waals surface area contributed by atoms with E-state index in [1.807, 2.05) is 35.0 Å². The number of nitrogens with zero attached hydrogens (tertiary/aromatic N) is 1. The van der Waals surface area contributed by atoms with Crippen molar-refractivity contribution in [2.24, 2.45) is 11.8 Å². The Morgan fingerprint density at radius 1 is 1.10 bits per heavy atom. The molecule has 3 rings (SSSR count). The van der Waals surface area contributed by atoms with E-state index in [1.165, 1.54) is 0 Å². The van der Waals surface area contributed by atoms with E-state index in [2.05, 4.69) is 0 Å².